The molecule has 0 atom stereocenters. The van der Waals surface area contributed by atoms with Crippen molar-refractivity contribution in [2.45, 2.75) is 32.2 Å². The molecule has 2 heteroatoms. The Morgan fingerprint density at radius 2 is 2.33 bits per heavy atom. The fourth-order valence-electron chi connectivity index (χ4n) is 2.52. The average molecular weight is 244 g/mol. The van der Waals surface area contributed by atoms with Gasteiger partial charge < -0.3 is 10.2 Å². The molecule has 1 N–H and O–H groups in total. The summed E-state index contributed by atoms with van der Waals surface area (Å²) in [5.41, 5.74) is 4.25. The lowest BCUT2D eigenvalue weighted by molar-refractivity contribution is 0.323. The van der Waals surface area contributed by atoms with Crippen LogP contribution in [0.15, 0.2) is 30.9 Å². The molecule has 2 rings (SSSR count). The Morgan fingerprint density at radius 3 is 3.17 bits per heavy atom. The van der Waals surface area contributed by atoms with E-state index in [1.54, 1.807) is 0 Å². The van der Waals surface area contributed by atoms with Gasteiger partial charge in [0.1, 0.15) is 0 Å². The Balaban J connectivity index is 1.90. The van der Waals surface area contributed by atoms with Gasteiger partial charge in [-0.3, -0.25) is 0 Å². The third-order valence-corrected chi connectivity index (χ3v) is 3.51. The highest BCUT2D eigenvalue weighted by Crippen LogP contribution is 2.23. The number of benzene rings is 1. The Labute approximate surface area is 111 Å². The van der Waals surface area contributed by atoms with Crippen molar-refractivity contribution in [3.8, 4) is 0 Å². The van der Waals surface area contributed by atoms with Crippen molar-refractivity contribution >= 4 is 5.69 Å². The quantitative estimate of drug-likeness (QED) is 0.609. The van der Waals surface area contributed by atoms with E-state index in [2.05, 4.69) is 42.0 Å². The van der Waals surface area contributed by atoms with Crippen LogP contribution in [-0.2, 0) is 13.0 Å². The molecular formula is C16H24N2. The molecule has 2 nitrogen and oxygen atoms in total. The number of allylic oxidation sites excluding steroid dienone is 1. The smallest absolute Gasteiger partial charge is 0.0372 e. The molecule has 0 saturated carbocycles. The van der Waals surface area contributed by atoms with E-state index in [1.807, 2.05) is 6.08 Å². The summed E-state index contributed by atoms with van der Waals surface area (Å²) in [6.07, 6.45) is 6.78. The van der Waals surface area contributed by atoms with Gasteiger partial charge in [-0.1, -0.05) is 18.2 Å². The average Bonchev–Trinajstić information content (AvgIpc) is 2.39. The van der Waals surface area contributed by atoms with E-state index < -0.39 is 0 Å². The van der Waals surface area contributed by atoms with E-state index >= 15 is 0 Å². The zero-order chi connectivity index (χ0) is 12.8. The number of anilines is 1. The van der Waals surface area contributed by atoms with Crippen LogP contribution in [0.25, 0.3) is 0 Å². The molecule has 18 heavy (non-hydrogen) atoms. The van der Waals surface area contributed by atoms with Crippen molar-refractivity contribution in [1.82, 2.24) is 4.90 Å². The molecule has 1 heterocycles. The van der Waals surface area contributed by atoms with Gasteiger partial charge in [-0.2, -0.15) is 0 Å². The first-order chi connectivity index (χ1) is 8.79. The molecule has 0 fully saturated rings. The number of aryl methyl sites for hydroxylation is 1. The third-order valence-electron chi connectivity index (χ3n) is 3.51. The summed E-state index contributed by atoms with van der Waals surface area (Å²) in [4.78, 5) is 2.39. The van der Waals surface area contributed by atoms with Gasteiger partial charge in [0.25, 0.3) is 0 Å². The molecule has 0 radical (unpaired) electrons. The maximum atomic E-state index is 3.76. The maximum absolute atomic E-state index is 3.76. The van der Waals surface area contributed by atoms with Crippen molar-refractivity contribution in [1.29, 1.82) is 0 Å². The van der Waals surface area contributed by atoms with Gasteiger partial charge in [-0.05, 0) is 56.5 Å². The van der Waals surface area contributed by atoms with Crippen LogP contribution in [0.4, 0.5) is 5.69 Å². The second-order valence-corrected chi connectivity index (χ2v) is 5.19. The molecule has 0 saturated heterocycles. The molecule has 0 amide bonds. The van der Waals surface area contributed by atoms with Gasteiger partial charge in [0.2, 0.25) is 0 Å². The van der Waals surface area contributed by atoms with Crippen LogP contribution < -0.4 is 5.32 Å². The fraction of sp³-hybridized carbons (Fsp3) is 0.500. The van der Waals surface area contributed by atoms with E-state index in [0.29, 0.717) is 0 Å². The molecule has 0 spiro atoms. The van der Waals surface area contributed by atoms with Crippen molar-refractivity contribution in [2.24, 2.45) is 0 Å². The summed E-state index contributed by atoms with van der Waals surface area (Å²) in [6, 6.07) is 6.86. The summed E-state index contributed by atoms with van der Waals surface area (Å²) in [5.74, 6) is 0. The highest BCUT2D eigenvalue weighted by molar-refractivity contribution is 5.54. The zero-order valence-electron chi connectivity index (χ0n) is 11.4. The number of rotatable bonds is 6. The molecule has 0 aromatic heterocycles. The number of hydrogen-bond acceptors (Lipinski definition) is 2. The molecule has 98 valence electrons. The van der Waals surface area contributed by atoms with E-state index in [0.717, 1.165) is 26.1 Å². The van der Waals surface area contributed by atoms with Gasteiger partial charge in [0.15, 0.2) is 0 Å². The van der Waals surface area contributed by atoms with Gasteiger partial charge in [0, 0.05) is 18.8 Å². The summed E-state index contributed by atoms with van der Waals surface area (Å²) in [6.45, 7) is 7.07. The van der Waals surface area contributed by atoms with Gasteiger partial charge >= 0.3 is 0 Å². The molecule has 1 aromatic carbocycles. The van der Waals surface area contributed by atoms with Crippen LogP contribution in [0.3, 0.4) is 0 Å². The number of nitrogens with one attached hydrogen (secondary N) is 1. The van der Waals surface area contributed by atoms with E-state index in [9.17, 15) is 0 Å². The molecule has 1 aliphatic heterocycles. The molecule has 0 aliphatic carbocycles. The Morgan fingerprint density at radius 1 is 1.44 bits per heavy atom. The number of fused-ring (bicyclic) bond motifs is 1. The minimum Gasteiger partial charge on any atom is -0.385 e. The first-order valence-corrected chi connectivity index (χ1v) is 6.94. The maximum Gasteiger partial charge on any atom is 0.0372 e. The first-order valence-electron chi connectivity index (χ1n) is 6.94. The van der Waals surface area contributed by atoms with Crippen molar-refractivity contribution < 1.29 is 0 Å². The standard InChI is InChI=1S/C16H24N2/c1-3-4-5-11-18(2)13-14-8-9-16-15(12-14)7-6-10-17-16/h3,8-9,12,17H,1,4-7,10-11,13H2,2H3. The molecule has 0 bridgehead atoms. The second kappa shape index (κ2) is 6.60. The highest BCUT2D eigenvalue weighted by Gasteiger charge is 2.09. The zero-order valence-corrected chi connectivity index (χ0v) is 11.4. The lowest BCUT2D eigenvalue weighted by Gasteiger charge is -2.21. The van der Waals surface area contributed by atoms with Crippen LogP contribution in [-0.4, -0.2) is 25.0 Å². The van der Waals surface area contributed by atoms with Crippen LogP contribution in [0.1, 0.15) is 30.4 Å². The summed E-state index contributed by atoms with van der Waals surface area (Å²) in [5, 5.41) is 3.46. The Hall–Kier alpha value is -1.28. The van der Waals surface area contributed by atoms with E-state index in [4.69, 9.17) is 0 Å². The molecule has 1 aliphatic rings. The fourth-order valence-corrected chi connectivity index (χ4v) is 2.52. The van der Waals surface area contributed by atoms with Crippen LogP contribution in [0.2, 0.25) is 0 Å². The highest BCUT2D eigenvalue weighted by atomic mass is 15.1. The number of unbranched alkanes of at least 4 members (excludes halogenated alkanes) is 1. The minimum absolute atomic E-state index is 1.05. The topological polar surface area (TPSA) is 15.3 Å². The molecule has 0 unspecified atom stereocenters. The summed E-state index contributed by atoms with van der Waals surface area (Å²) >= 11 is 0. The van der Waals surface area contributed by atoms with E-state index in [1.165, 1.54) is 36.1 Å². The molecular weight excluding hydrogens is 220 g/mol. The van der Waals surface area contributed by atoms with Crippen molar-refractivity contribution in [2.75, 3.05) is 25.5 Å². The predicted octanol–water partition coefficient (Wildman–Crippen LogP) is 3.44. The Bertz CT molecular complexity index is 398. The second-order valence-electron chi connectivity index (χ2n) is 5.19. The lowest BCUT2D eigenvalue weighted by Crippen LogP contribution is -2.19. The van der Waals surface area contributed by atoms with Crippen LogP contribution in [0.5, 0.6) is 0 Å². The van der Waals surface area contributed by atoms with Crippen molar-refractivity contribution in [3.63, 3.8) is 0 Å². The minimum atomic E-state index is 1.05. The number of hydrogen-bond donors (Lipinski definition) is 1. The van der Waals surface area contributed by atoms with Gasteiger partial charge in [0.05, 0.1) is 0 Å². The third kappa shape index (κ3) is 3.61. The van der Waals surface area contributed by atoms with Gasteiger partial charge in [-0.15, -0.1) is 6.58 Å². The monoisotopic (exact) mass is 244 g/mol. The lowest BCUT2D eigenvalue weighted by atomic mass is 10.0. The summed E-state index contributed by atoms with van der Waals surface area (Å²) in [7, 11) is 2.20. The van der Waals surface area contributed by atoms with Crippen LogP contribution in [0, 0.1) is 0 Å². The van der Waals surface area contributed by atoms with Crippen LogP contribution >= 0.6 is 0 Å². The predicted molar refractivity (Wildman–Crippen MR) is 79.0 cm³/mol. The normalized spacial score (nSPS) is 14.1. The SMILES string of the molecule is C=CCCCN(C)Cc1ccc2c(c1)CCCN2. The largest absolute Gasteiger partial charge is 0.385 e. The van der Waals surface area contributed by atoms with E-state index in [-0.39, 0.29) is 0 Å². The number of nitrogens with zero attached hydrogens (tertiary/aromatic N) is 1. The molecule has 1 aromatic rings. The summed E-state index contributed by atoms with van der Waals surface area (Å²) < 4.78 is 0. The van der Waals surface area contributed by atoms with Crippen molar-refractivity contribution in [3.05, 3.63) is 42.0 Å². The first kappa shape index (κ1) is 13.2. The Kier molecular flexibility index (Phi) is 4.82. The van der Waals surface area contributed by atoms with Gasteiger partial charge in [-0.25, -0.2) is 0 Å².